The maximum absolute atomic E-state index is 9.66. The van der Waals surface area contributed by atoms with Crippen LogP contribution < -0.4 is 4.74 Å². The number of aliphatic hydroxyl groups is 1. The van der Waals surface area contributed by atoms with Crippen molar-refractivity contribution in [1.82, 2.24) is 0 Å². The van der Waals surface area contributed by atoms with E-state index in [-0.39, 0.29) is 5.41 Å². The van der Waals surface area contributed by atoms with E-state index in [0.29, 0.717) is 19.4 Å². The van der Waals surface area contributed by atoms with Crippen LogP contribution in [0.25, 0.3) is 0 Å². The Morgan fingerprint density at radius 1 is 1.33 bits per heavy atom. The highest BCUT2D eigenvalue weighted by Crippen LogP contribution is 2.22. The first-order valence-corrected chi connectivity index (χ1v) is 6.30. The van der Waals surface area contributed by atoms with Gasteiger partial charge < -0.3 is 9.84 Å². The number of nitrogens with zero attached hydrogens (tertiary/aromatic N) is 1. The highest BCUT2D eigenvalue weighted by atomic mass is 16.5. The topological polar surface area (TPSA) is 53.2 Å². The molecule has 1 aromatic rings. The van der Waals surface area contributed by atoms with Crippen LogP contribution in [0.5, 0.6) is 5.75 Å². The Hall–Kier alpha value is -1.53. The van der Waals surface area contributed by atoms with Crippen LogP contribution in [0, 0.1) is 16.7 Å². The number of rotatable bonds is 6. The summed E-state index contributed by atoms with van der Waals surface area (Å²) in [6, 6.07) is 9.70. The normalized spacial score (nSPS) is 12.8. The zero-order valence-corrected chi connectivity index (χ0v) is 11.3. The third-order valence-corrected chi connectivity index (χ3v) is 2.95. The SMILES string of the molecule is CC[C@H](O)c1ccc(OCCC(C)(C)C#N)cc1. The van der Waals surface area contributed by atoms with Crippen LogP contribution in [0.4, 0.5) is 0 Å². The smallest absolute Gasteiger partial charge is 0.119 e. The Balaban J connectivity index is 2.48. The maximum atomic E-state index is 9.66. The van der Waals surface area contributed by atoms with Gasteiger partial charge in [-0.3, -0.25) is 0 Å². The van der Waals surface area contributed by atoms with E-state index < -0.39 is 6.10 Å². The molecular weight excluding hydrogens is 226 g/mol. The van der Waals surface area contributed by atoms with Crippen molar-refractivity contribution in [1.29, 1.82) is 5.26 Å². The maximum Gasteiger partial charge on any atom is 0.119 e. The van der Waals surface area contributed by atoms with Gasteiger partial charge in [0.2, 0.25) is 0 Å². The zero-order valence-electron chi connectivity index (χ0n) is 11.3. The van der Waals surface area contributed by atoms with Gasteiger partial charge in [-0.15, -0.1) is 0 Å². The minimum atomic E-state index is -0.406. The number of hydrogen-bond donors (Lipinski definition) is 1. The standard InChI is InChI=1S/C15H21NO2/c1-4-14(17)12-5-7-13(8-6-12)18-10-9-15(2,3)11-16/h5-8,14,17H,4,9-10H2,1-3H3/t14-/m0/s1. The molecule has 0 spiro atoms. The van der Waals surface area contributed by atoms with Crippen molar-refractivity contribution >= 4 is 0 Å². The number of nitriles is 1. The molecule has 1 aromatic carbocycles. The molecule has 0 bridgehead atoms. The van der Waals surface area contributed by atoms with Crippen LogP contribution in [0.3, 0.4) is 0 Å². The summed E-state index contributed by atoms with van der Waals surface area (Å²) >= 11 is 0. The van der Waals surface area contributed by atoms with E-state index >= 15 is 0 Å². The molecule has 1 rings (SSSR count). The van der Waals surface area contributed by atoms with Crippen molar-refractivity contribution in [3.05, 3.63) is 29.8 Å². The average molecular weight is 247 g/mol. The van der Waals surface area contributed by atoms with Gasteiger partial charge in [0.25, 0.3) is 0 Å². The second-order valence-corrected chi connectivity index (χ2v) is 5.09. The van der Waals surface area contributed by atoms with Crippen LogP contribution >= 0.6 is 0 Å². The Morgan fingerprint density at radius 2 is 1.94 bits per heavy atom. The van der Waals surface area contributed by atoms with Crippen molar-refractivity contribution in [3.63, 3.8) is 0 Å². The summed E-state index contributed by atoms with van der Waals surface area (Å²) < 4.78 is 5.58. The summed E-state index contributed by atoms with van der Waals surface area (Å²) in [5.74, 6) is 0.774. The van der Waals surface area contributed by atoms with E-state index in [2.05, 4.69) is 6.07 Å². The molecular formula is C15H21NO2. The third kappa shape index (κ3) is 4.38. The predicted molar refractivity (Wildman–Crippen MR) is 71.2 cm³/mol. The van der Waals surface area contributed by atoms with Gasteiger partial charge in [0.15, 0.2) is 0 Å². The summed E-state index contributed by atoms with van der Waals surface area (Å²) in [6.07, 6.45) is 0.996. The second-order valence-electron chi connectivity index (χ2n) is 5.09. The summed E-state index contributed by atoms with van der Waals surface area (Å²) in [4.78, 5) is 0. The van der Waals surface area contributed by atoms with Crippen molar-refractivity contribution in [2.45, 2.75) is 39.7 Å². The molecule has 3 nitrogen and oxygen atoms in total. The number of hydrogen-bond acceptors (Lipinski definition) is 3. The van der Waals surface area contributed by atoms with Gasteiger partial charge in [0.1, 0.15) is 5.75 Å². The molecule has 0 unspecified atom stereocenters. The molecule has 0 radical (unpaired) electrons. The summed E-state index contributed by atoms with van der Waals surface area (Å²) in [6.45, 7) is 6.27. The van der Waals surface area contributed by atoms with Crippen LogP contribution in [0.1, 0.15) is 45.3 Å². The fourth-order valence-corrected chi connectivity index (χ4v) is 1.50. The first kappa shape index (κ1) is 14.5. The molecule has 0 amide bonds. The molecule has 0 aliphatic rings. The molecule has 0 saturated heterocycles. The van der Waals surface area contributed by atoms with E-state index in [1.807, 2.05) is 45.0 Å². The van der Waals surface area contributed by atoms with Gasteiger partial charge in [-0.1, -0.05) is 19.1 Å². The van der Waals surface area contributed by atoms with Gasteiger partial charge >= 0.3 is 0 Å². The Labute approximate surface area is 109 Å². The lowest BCUT2D eigenvalue weighted by atomic mass is 9.92. The largest absolute Gasteiger partial charge is 0.494 e. The van der Waals surface area contributed by atoms with Crippen molar-refractivity contribution < 1.29 is 9.84 Å². The molecule has 1 atom stereocenters. The van der Waals surface area contributed by atoms with Crippen LogP contribution in [-0.4, -0.2) is 11.7 Å². The molecule has 18 heavy (non-hydrogen) atoms. The molecule has 3 heteroatoms. The van der Waals surface area contributed by atoms with E-state index in [1.54, 1.807) is 0 Å². The Kier molecular flexibility index (Phi) is 5.18. The highest BCUT2D eigenvalue weighted by molar-refractivity contribution is 5.28. The van der Waals surface area contributed by atoms with Crippen LogP contribution in [0.15, 0.2) is 24.3 Å². The number of benzene rings is 1. The molecule has 0 aliphatic carbocycles. The van der Waals surface area contributed by atoms with Gasteiger partial charge in [0, 0.05) is 0 Å². The summed E-state index contributed by atoms with van der Waals surface area (Å²) in [5, 5.41) is 18.5. The predicted octanol–water partition coefficient (Wildman–Crippen LogP) is 3.45. The molecule has 98 valence electrons. The van der Waals surface area contributed by atoms with Gasteiger partial charge in [0.05, 0.1) is 24.2 Å². The summed E-state index contributed by atoms with van der Waals surface area (Å²) in [5.41, 5.74) is 0.556. The lowest BCUT2D eigenvalue weighted by molar-refractivity contribution is 0.173. The molecule has 0 aromatic heterocycles. The lowest BCUT2D eigenvalue weighted by Gasteiger charge is -2.15. The molecule has 1 N–H and O–H groups in total. The number of aliphatic hydroxyl groups excluding tert-OH is 1. The van der Waals surface area contributed by atoms with E-state index in [4.69, 9.17) is 10.00 Å². The first-order chi connectivity index (χ1) is 8.48. The second kappa shape index (κ2) is 6.42. The van der Waals surface area contributed by atoms with Crippen molar-refractivity contribution in [2.24, 2.45) is 5.41 Å². The lowest BCUT2D eigenvalue weighted by Crippen LogP contribution is -2.13. The average Bonchev–Trinajstić information content (AvgIpc) is 2.38. The van der Waals surface area contributed by atoms with Crippen LogP contribution in [0.2, 0.25) is 0 Å². The minimum Gasteiger partial charge on any atom is -0.494 e. The van der Waals surface area contributed by atoms with Crippen LogP contribution in [-0.2, 0) is 0 Å². The Morgan fingerprint density at radius 3 is 2.44 bits per heavy atom. The molecule has 0 saturated carbocycles. The minimum absolute atomic E-state index is 0.349. The molecule has 0 heterocycles. The van der Waals surface area contributed by atoms with E-state index in [0.717, 1.165) is 11.3 Å². The Bertz CT molecular complexity index is 403. The highest BCUT2D eigenvalue weighted by Gasteiger charge is 2.16. The molecule has 0 fully saturated rings. The van der Waals surface area contributed by atoms with Gasteiger partial charge in [-0.25, -0.2) is 0 Å². The monoisotopic (exact) mass is 247 g/mol. The first-order valence-electron chi connectivity index (χ1n) is 6.30. The zero-order chi connectivity index (χ0) is 13.6. The van der Waals surface area contributed by atoms with Gasteiger partial charge in [-0.05, 0) is 44.4 Å². The third-order valence-electron chi connectivity index (χ3n) is 2.95. The fraction of sp³-hybridized carbons (Fsp3) is 0.533. The van der Waals surface area contributed by atoms with E-state index in [9.17, 15) is 5.11 Å². The number of ether oxygens (including phenoxy) is 1. The summed E-state index contributed by atoms with van der Waals surface area (Å²) in [7, 11) is 0. The molecule has 0 aliphatic heterocycles. The van der Waals surface area contributed by atoms with E-state index in [1.165, 1.54) is 0 Å². The van der Waals surface area contributed by atoms with Crippen molar-refractivity contribution in [2.75, 3.05) is 6.61 Å². The van der Waals surface area contributed by atoms with Gasteiger partial charge in [-0.2, -0.15) is 5.26 Å². The fourth-order valence-electron chi connectivity index (χ4n) is 1.50. The van der Waals surface area contributed by atoms with Crippen molar-refractivity contribution in [3.8, 4) is 11.8 Å². The quantitative estimate of drug-likeness (QED) is 0.837.